The zero-order chi connectivity index (χ0) is 27.6. The van der Waals surface area contributed by atoms with Gasteiger partial charge in [0.25, 0.3) is 0 Å². The minimum Gasteiger partial charge on any atom is -0.481 e. The predicted molar refractivity (Wildman–Crippen MR) is 146 cm³/mol. The fourth-order valence-electron chi connectivity index (χ4n) is 4.36. The first-order chi connectivity index (χ1) is 18.8. The van der Waals surface area contributed by atoms with Crippen molar-refractivity contribution in [3.05, 3.63) is 42.6 Å². The van der Waals surface area contributed by atoms with Gasteiger partial charge in [0.05, 0.1) is 21.3 Å². The van der Waals surface area contributed by atoms with Gasteiger partial charge in [-0.05, 0) is 50.5 Å². The molecule has 3 N–H and O–H groups in total. The van der Waals surface area contributed by atoms with E-state index in [4.69, 9.17) is 0 Å². The van der Waals surface area contributed by atoms with Crippen LogP contribution in [-0.2, 0) is 4.79 Å². The lowest BCUT2D eigenvalue weighted by atomic mass is 9.80. The Morgan fingerprint density at radius 1 is 1.15 bits per heavy atom. The molecule has 5 rings (SSSR count). The van der Waals surface area contributed by atoms with Crippen molar-refractivity contribution in [2.45, 2.75) is 26.7 Å². The molecule has 4 aromatic rings. The summed E-state index contributed by atoms with van der Waals surface area (Å²) in [6.45, 7) is 5.21. The molecule has 0 bridgehead atoms. The first kappa shape index (κ1) is 25.9. The van der Waals surface area contributed by atoms with Crippen LogP contribution in [0, 0.1) is 16.7 Å². The molecule has 0 aliphatic carbocycles. The second kappa shape index (κ2) is 10.6. The highest BCUT2D eigenvalue weighted by molar-refractivity contribution is 7.22. The number of urea groups is 1. The first-order valence-corrected chi connectivity index (χ1v) is 13.1. The van der Waals surface area contributed by atoms with Gasteiger partial charge in [-0.25, -0.2) is 29.7 Å². The Kier molecular flexibility index (Phi) is 7.03. The van der Waals surface area contributed by atoms with Gasteiger partial charge in [-0.2, -0.15) is 5.26 Å². The zero-order valence-electron chi connectivity index (χ0n) is 21.3. The van der Waals surface area contributed by atoms with Crippen LogP contribution in [0.4, 0.5) is 15.9 Å². The number of carbonyl (C=O) groups is 2. The summed E-state index contributed by atoms with van der Waals surface area (Å²) in [6.07, 6.45) is 6.01. The van der Waals surface area contributed by atoms with Crippen molar-refractivity contribution in [3.8, 4) is 28.5 Å². The Bertz CT molecular complexity index is 1590. The van der Waals surface area contributed by atoms with Crippen LogP contribution in [0.1, 0.15) is 32.5 Å². The van der Waals surface area contributed by atoms with E-state index in [2.05, 4.69) is 35.6 Å². The van der Waals surface area contributed by atoms with Crippen molar-refractivity contribution < 1.29 is 14.7 Å². The van der Waals surface area contributed by atoms with Gasteiger partial charge in [0.15, 0.2) is 5.13 Å². The molecule has 198 valence electrons. The van der Waals surface area contributed by atoms with Crippen LogP contribution in [0.2, 0.25) is 0 Å². The van der Waals surface area contributed by atoms with Gasteiger partial charge >= 0.3 is 12.0 Å². The quantitative estimate of drug-likeness (QED) is 0.324. The Balaban J connectivity index is 1.49. The van der Waals surface area contributed by atoms with Crippen LogP contribution < -0.4 is 15.5 Å². The van der Waals surface area contributed by atoms with Gasteiger partial charge in [0.1, 0.15) is 6.07 Å². The van der Waals surface area contributed by atoms with E-state index in [1.165, 1.54) is 17.5 Å². The smallest absolute Gasteiger partial charge is 0.321 e. The van der Waals surface area contributed by atoms with E-state index >= 15 is 0 Å². The van der Waals surface area contributed by atoms with Gasteiger partial charge in [-0.1, -0.05) is 11.3 Å². The molecule has 0 unspecified atom stereocenters. The van der Waals surface area contributed by atoms with Crippen molar-refractivity contribution in [2.75, 3.05) is 29.9 Å². The number of piperidine rings is 1. The van der Waals surface area contributed by atoms with Crippen molar-refractivity contribution >= 4 is 44.6 Å². The lowest BCUT2D eigenvalue weighted by molar-refractivity contribution is -0.149. The second-order valence-corrected chi connectivity index (χ2v) is 10.4. The summed E-state index contributed by atoms with van der Waals surface area (Å²) in [6, 6.07) is 7.16. The highest BCUT2D eigenvalue weighted by Gasteiger charge is 2.37. The van der Waals surface area contributed by atoms with Gasteiger partial charge in [-0.15, -0.1) is 0 Å². The number of anilines is 2. The van der Waals surface area contributed by atoms with E-state index in [9.17, 15) is 20.0 Å². The molecule has 0 spiro atoms. The normalized spacial score (nSPS) is 14.5. The van der Waals surface area contributed by atoms with Crippen molar-refractivity contribution in [3.63, 3.8) is 0 Å². The van der Waals surface area contributed by atoms with E-state index in [-0.39, 0.29) is 11.9 Å². The molecule has 1 aliphatic heterocycles. The third kappa shape index (κ3) is 5.32. The average molecular weight is 544 g/mol. The van der Waals surface area contributed by atoms with Crippen LogP contribution in [0.15, 0.2) is 36.8 Å². The minimum absolute atomic E-state index is 0.0458. The lowest BCUT2D eigenvalue weighted by Crippen LogP contribution is -2.43. The van der Waals surface area contributed by atoms with Crippen LogP contribution in [0.25, 0.3) is 32.6 Å². The first-order valence-electron chi connectivity index (χ1n) is 12.3. The summed E-state index contributed by atoms with van der Waals surface area (Å²) in [5.41, 5.74) is 2.73. The second-order valence-electron chi connectivity index (χ2n) is 9.38. The molecule has 4 heterocycles. The highest BCUT2D eigenvalue weighted by Crippen LogP contribution is 2.38. The Morgan fingerprint density at radius 3 is 2.56 bits per heavy atom. The maximum Gasteiger partial charge on any atom is 0.321 e. The molecule has 39 heavy (non-hydrogen) atoms. The molecule has 1 aromatic carbocycles. The fraction of sp³-hybridized carbons (Fsp3) is 0.308. The van der Waals surface area contributed by atoms with Crippen LogP contribution >= 0.6 is 11.3 Å². The van der Waals surface area contributed by atoms with Crippen LogP contribution in [0.3, 0.4) is 0 Å². The number of carbonyl (C=O) groups excluding carboxylic acids is 1. The van der Waals surface area contributed by atoms with Crippen molar-refractivity contribution in [2.24, 2.45) is 5.41 Å². The molecule has 0 atom stereocenters. The molecule has 12 nitrogen and oxygen atoms in total. The van der Waals surface area contributed by atoms with E-state index in [1.54, 1.807) is 25.4 Å². The number of fused-ring (bicyclic) bond motifs is 1. The number of hydrogen-bond donors (Lipinski definition) is 3. The summed E-state index contributed by atoms with van der Waals surface area (Å²) < 4.78 is 0.792. The standard InChI is InChI=1S/C26H25N9O3S/c1-3-28-24(38)34-25-33-19-11-15(10-17(21(19)39-25)18-4-7-29-20(12-27)32-18)16-13-30-23(31-14-16)35-8-5-26(2,6-9-35)22(36)37/h4,7,10-11,13-14H,3,5-6,8-9H2,1-2H3,(H,36,37)(H2,28,33,34,38). The number of carboxylic acids is 1. The zero-order valence-corrected chi connectivity index (χ0v) is 22.1. The molecule has 1 fully saturated rings. The summed E-state index contributed by atoms with van der Waals surface area (Å²) in [5, 5.41) is 24.7. The fourth-order valence-corrected chi connectivity index (χ4v) is 5.32. The van der Waals surface area contributed by atoms with Crippen molar-refractivity contribution in [1.29, 1.82) is 5.26 Å². The van der Waals surface area contributed by atoms with Crippen molar-refractivity contribution in [1.82, 2.24) is 30.2 Å². The Labute approximate surface area is 227 Å². The summed E-state index contributed by atoms with van der Waals surface area (Å²) in [5.74, 6) is -0.185. The molecule has 0 saturated carbocycles. The van der Waals surface area contributed by atoms with Gasteiger partial charge in [0.2, 0.25) is 11.8 Å². The number of hydrogen-bond acceptors (Lipinski definition) is 10. The molecule has 3 aromatic heterocycles. The maximum atomic E-state index is 12.1. The number of carboxylic acid groups (broad SMARTS) is 1. The minimum atomic E-state index is -0.776. The number of nitrogens with zero attached hydrogens (tertiary/aromatic N) is 7. The lowest BCUT2D eigenvalue weighted by Gasteiger charge is -2.36. The summed E-state index contributed by atoms with van der Waals surface area (Å²) in [4.78, 5) is 47.7. The van der Waals surface area contributed by atoms with E-state index in [0.717, 1.165) is 21.4 Å². The number of rotatable bonds is 6. The molecule has 2 amide bonds. The summed E-state index contributed by atoms with van der Waals surface area (Å²) in [7, 11) is 0. The van der Waals surface area contributed by atoms with Gasteiger partial charge in [-0.3, -0.25) is 10.1 Å². The Morgan fingerprint density at radius 2 is 1.90 bits per heavy atom. The number of aliphatic carboxylic acids is 1. The number of nitriles is 1. The van der Waals surface area contributed by atoms with Crippen LogP contribution in [0.5, 0.6) is 0 Å². The largest absolute Gasteiger partial charge is 0.481 e. The van der Waals surface area contributed by atoms with E-state index < -0.39 is 11.4 Å². The number of nitrogens with one attached hydrogen (secondary N) is 2. The highest BCUT2D eigenvalue weighted by atomic mass is 32.1. The topological polar surface area (TPSA) is 170 Å². The van der Waals surface area contributed by atoms with Crippen LogP contribution in [-0.4, -0.2) is 61.7 Å². The molecular weight excluding hydrogens is 518 g/mol. The van der Waals surface area contributed by atoms with E-state index in [1.807, 2.05) is 30.0 Å². The molecular formula is C26H25N9O3S. The molecule has 1 aliphatic rings. The van der Waals surface area contributed by atoms with Gasteiger partial charge < -0.3 is 15.3 Å². The number of thiazole rings is 1. The molecule has 13 heteroatoms. The molecule has 1 saturated heterocycles. The van der Waals surface area contributed by atoms with Gasteiger partial charge in [0, 0.05) is 49.4 Å². The predicted octanol–water partition coefficient (Wildman–Crippen LogP) is 3.91. The number of amides is 2. The average Bonchev–Trinajstić information content (AvgIpc) is 3.35. The number of benzene rings is 1. The third-order valence-corrected chi connectivity index (χ3v) is 7.74. The SMILES string of the molecule is CCNC(=O)Nc1nc2cc(-c3cnc(N4CCC(C)(C(=O)O)CC4)nc3)cc(-c3ccnc(C#N)n3)c2s1. The Hall–Kier alpha value is -4.70. The third-order valence-electron chi connectivity index (χ3n) is 6.72. The summed E-state index contributed by atoms with van der Waals surface area (Å²) >= 11 is 1.31. The number of aromatic nitrogens is 5. The monoisotopic (exact) mass is 543 g/mol. The molecule has 0 radical (unpaired) electrons. The van der Waals surface area contributed by atoms with E-state index in [0.29, 0.717) is 54.8 Å². The maximum absolute atomic E-state index is 12.1.